The first-order valence-corrected chi connectivity index (χ1v) is 6.84. The lowest BCUT2D eigenvalue weighted by Gasteiger charge is -2.09. The van der Waals surface area contributed by atoms with Crippen molar-refractivity contribution in [1.82, 2.24) is 9.55 Å². The minimum absolute atomic E-state index is 0. The molecule has 0 N–H and O–H groups in total. The first-order valence-electron chi connectivity index (χ1n) is 6.84. The number of rotatable bonds is 3. The van der Waals surface area contributed by atoms with Gasteiger partial charge in [-0.25, -0.2) is 0 Å². The Labute approximate surface area is 131 Å². The molecule has 0 amide bonds. The van der Waals surface area contributed by atoms with Crippen molar-refractivity contribution >= 4 is 23.3 Å². The van der Waals surface area contributed by atoms with E-state index < -0.39 is 0 Å². The van der Waals surface area contributed by atoms with Crippen molar-refractivity contribution in [3.8, 4) is 11.3 Å². The normalized spacial score (nSPS) is 10.4. The van der Waals surface area contributed by atoms with Crippen LogP contribution in [0.4, 0.5) is 0 Å². The van der Waals surface area contributed by atoms with E-state index in [1.54, 1.807) is 0 Å². The summed E-state index contributed by atoms with van der Waals surface area (Å²) in [6, 6.07) is 12.5. The molecule has 0 atom stereocenters. The Morgan fingerprint density at radius 1 is 1.14 bits per heavy atom. The summed E-state index contributed by atoms with van der Waals surface area (Å²) in [4.78, 5) is 4.62. The maximum absolute atomic E-state index is 4.62. The zero-order valence-corrected chi connectivity index (χ0v) is 13.2. The van der Waals surface area contributed by atoms with E-state index >= 15 is 0 Å². The molecule has 2 heterocycles. The lowest BCUT2D eigenvalue weighted by Crippen LogP contribution is -1.99. The van der Waals surface area contributed by atoms with Gasteiger partial charge in [0.2, 0.25) is 0 Å². The fraction of sp³-hybridized carbons (Fsp3) is 0.167. The highest BCUT2D eigenvalue weighted by Gasteiger charge is 2.15. The maximum Gasteiger partial charge on any atom is 0.0945 e. The van der Waals surface area contributed by atoms with Gasteiger partial charge in [-0.2, -0.15) is 0 Å². The second-order valence-corrected chi connectivity index (χ2v) is 5.03. The van der Waals surface area contributed by atoms with E-state index in [2.05, 4.69) is 60.3 Å². The third-order valence-corrected chi connectivity index (χ3v) is 3.90. The Morgan fingerprint density at radius 2 is 1.86 bits per heavy atom. The summed E-state index contributed by atoms with van der Waals surface area (Å²) in [5.74, 6) is 0. The van der Waals surface area contributed by atoms with Gasteiger partial charge in [-0.05, 0) is 25.5 Å². The van der Waals surface area contributed by atoms with Crippen LogP contribution in [0.3, 0.4) is 0 Å². The van der Waals surface area contributed by atoms with Gasteiger partial charge in [-0.15, -0.1) is 19.0 Å². The standard InChI is InChI=1S/C18H18N2.ClH/c1-4-12-20-14(3)13(2)16-10-11-19-17(18(16)20)15-8-6-5-7-9-15;/h4-11H,1,12H2,2-3H3;1H. The number of allylic oxidation sites excluding steroid dienone is 1. The van der Waals surface area contributed by atoms with Gasteiger partial charge >= 0.3 is 0 Å². The molecule has 0 spiro atoms. The third kappa shape index (κ3) is 2.47. The van der Waals surface area contributed by atoms with Gasteiger partial charge in [-0.1, -0.05) is 36.4 Å². The average Bonchev–Trinajstić information content (AvgIpc) is 2.74. The van der Waals surface area contributed by atoms with Gasteiger partial charge in [0.15, 0.2) is 0 Å². The van der Waals surface area contributed by atoms with E-state index in [9.17, 15) is 0 Å². The number of fused-ring (bicyclic) bond motifs is 1. The molecule has 0 saturated heterocycles. The van der Waals surface area contributed by atoms with Crippen LogP contribution in [0.15, 0.2) is 55.3 Å². The monoisotopic (exact) mass is 298 g/mol. The molecule has 0 saturated carbocycles. The Bertz CT molecular complexity index is 773. The summed E-state index contributed by atoms with van der Waals surface area (Å²) in [5, 5.41) is 1.28. The van der Waals surface area contributed by atoms with Crippen LogP contribution >= 0.6 is 12.4 Å². The van der Waals surface area contributed by atoms with Crippen molar-refractivity contribution in [1.29, 1.82) is 0 Å². The summed E-state index contributed by atoms with van der Waals surface area (Å²) in [5.41, 5.74) is 6.00. The molecular weight excluding hydrogens is 280 g/mol. The highest BCUT2D eigenvalue weighted by atomic mass is 35.5. The zero-order valence-electron chi connectivity index (χ0n) is 12.3. The van der Waals surface area contributed by atoms with Crippen LogP contribution in [0.25, 0.3) is 22.2 Å². The van der Waals surface area contributed by atoms with Crippen molar-refractivity contribution < 1.29 is 0 Å². The van der Waals surface area contributed by atoms with E-state index in [4.69, 9.17) is 0 Å². The molecule has 1 aromatic carbocycles. The largest absolute Gasteiger partial charge is 0.339 e. The number of hydrogen-bond donors (Lipinski definition) is 0. The Kier molecular flexibility index (Phi) is 4.49. The SMILES string of the molecule is C=CCn1c(C)c(C)c2ccnc(-c3ccccc3)c21.Cl. The highest BCUT2D eigenvalue weighted by Crippen LogP contribution is 2.32. The first kappa shape index (κ1) is 15.3. The van der Waals surface area contributed by atoms with Gasteiger partial charge < -0.3 is 4.57 Å². The molecule has 3 heteroatoms. The summed E-state index contributed by atoms with van der Waals surface area (Å²) in [6.07, 6.45) is 3.84. The van der Waals surface area contributed by atoms with Gasteiger partial charge in [0.05, 0.1) is 11.2 Å². The molecule has 21 heavy (non-hydrogen) atoms. The maximum atomic E-state index is 4.62. The highest BCUT2D eigenvalue weighted by molar-refractivity contribution is 5.95. The van der Waals surface area contributed by atoms with Gasteiger partial charge in [0.25, 0.3) is 0 Å². The zero-order chi connectivity index (χ0) is 14.1. The first-order chi connectivity index (χ1) is 9.74. The smallest absolute Gasteiger partial charge is 0.0945 e. The third-order valence-electron chi connectivity index (χ3n) is 3.90. The molecule has 2 nitrogen and oxygen atoms in total. The topological polar surface area (TPSA) is 17.8 Å². The second kappa shape index (κ2) is 6.15. The fourth-order valence-electron chi connectivity index (χ4n) is 2.76. The van der Waals surface area contributed by atoms with Gasteiger partial charge in [0.1, 0.15) is 0 Å². The van der Waals surface area contributed by atoms with Gasteiger partial charge in [-0.3, -0.25) is 4.98 Å². The Balaban J connectivity index is 0.00000161. The van der Waals surface area contributed by atoms with E-state index in [0.717, 1.165) is 17.8 Å². The molecule has 3 aromatic rings. The average molecular weight is 299 g/mol. The van der Waals surface area contributed by atoms with Crippen LogP contribution in [0, 0.1) is 13.8 Å². The van der Waals surface area contributed by atoms with Crippen molar-refractivity contribution in [2.24, 2.45) is 0 Å². The van der Waals surface area contributed by atoms with E-state index in [1.165, 1.54) is 22.2 Å². The van der Waals surface area contributed by atoms with Crippen LogP contribution in [0.2, 0.25) is 0 Å². The molecular formula is C18H19ClN2. The second-order valence-electron chi connectivity index (χ2n) is 5.03. The number of aryl methyl sites for hydroxylation is 1. The quantitative estimate of drug-likeness (QED) is 0.627. The number of benzene rings is 1. The van der Waals surface area contributed by atoms with Crippen molar-refractivity contribution in [3.63, 3.8) is 0 Å². The Hall–Kier alpha value is -2.06. The lowest BCUT2D eigenvalue weighted by molar-refractivity contribution is 0.824. The summed E-state index contributed by atoms with van der Waals surface area (Å²) < 4.78 is 2.30. The lowest BCUT2D eigenvalue weighted by atomic mass is 10.1. The molecule has 0 radical (unpaired) electrons. The predicted molar refractivity (Wildman–Crippen MR) is 92.1 cm³/mol. The van der Waals surface area contributed by atoms with Crippen molar-refractivity contribution in [2.75, 3.05) is 0 Å². The number of halogens is 1. The Morgan fingerprint density at radius 3 is 2.52 bits per heavy atom. The molecule has 0 bridgehead atoms. The molecule has 3 rings (SSSR count). The van der Waals surface area contributed by atoms with Gasteiger partial charge in [0, 0.05) is 29.4 Å². The molecule has 0 aliphatic carbocycles. The van der Waals surface area contributed by atoms with Crippen LogP contribution in [-0.4, -0.2) is 9.55 Å². The molecule has 0 fully saturated rings. The summed E-state index contributed by atoms with van der Waals surface area (Å²) in [7, 11) is 0. The van der Waals surface area contributed by atoms with Crippen molar-refractivity contribution in [3.05, 3.63) is 66.5 Å². The predicted octanol–water partition coefficient (Wildman–Crippen LogP) is 4.93. The molecule has 2 aromatic heterocycles. The van der Waals surface area contributed by atoms with E-state index in [1.807, 2.05) is 18.3 Å². The van der Waals surface area contributed by atoms with Crippen molar-refractivity contribution in [2.45, 2.75) is 20.4 Å². The number of hydrogen-bond acceptors (Lipinski definition) is 1. The number of aromatic nitrogens is 2. The van der Waals surface area contributed by atoms with Crippen LogP contribution in [0.1, 0.15) is 11.3 Å². The molecule has 0 aliphatic rings. The van der Waals surface area contributed by atoms with Crippen LogP contribution in [0.5, 0.6) is 0 Å². The fourth-order valence-corrected chi connectivity index (χ4v) is 2.76. The van der Waals surface area contributed by atoms with Crippen LogP contribution in [-0.2, 0) is 6.54 Å². The number of pyridine rings is 1. The molecule has 0 unspecified atom stereocenters. The van der Waals surface area contributed by atoms with Crippen LogP contribution < -0.4 is 0 Å². The molecule has 108 valence electrons. The minimum atomic E-state index is 0. The summed E-state index contributed by atoms with van der Waals surface area (Å²) >= 11 is 0. The molecule has 0 aliphatic heterocycles. The number of nitrogens with zero attached hydrogens (tertiary/aromatic N) is 2. The van der Waals surface area contributed by atoms with E-state index in [-0.39, 0.29) is 12.4 Å². The minimum Gasteiger partial charge on any atom is -0.339 e. The summed E-state index contributed by atoms with van der Waals surface area (Å²) in [6.45, 7) is 9.01. The van der Waals surface area contributed by atoms with E-state index in [0.29, 0.717) is 0 Å².